The van der Waals surface area contributed by atoms with Gasteiger partial charge in [0.1, 0.15) is 22.2 Å². The summed E-state index contributed by atoms with van der Waals surface area (Å²) in [5, 5.41) is 2.65. The molecule has 1 N–H and O–H groups in total. The Balaban J connectivity index is 1.75. The fourth-order valence-electron chi connectivity index (χ4n) is 2.77. The lowest BCUT2D eigenvalue weighted by molar-refractivity contribution is -0.116. The van der Waals surface area contributed by atoms with E-state index in [9.17, 15) is 17.6 Å². The van der Waals surface area contributed by atoms with E-state index in [1.807, 2.05) is 18.2 Å². The lowest BCUT2D eigenvalue weighted by atomic mass is 10.3. The number of amides is 1. The minimum atomic E-state index is -4.17. The number of ether oxygens (including phenoxy) is 2. The van der Waals surface area contributed by atoms with Crippen molar-refractivity contribution in [3.05, 3.63) is 78.6 Å². The van der Waals surface area contributed by atoms with E-state index in [1.54, 1.807) is 36.4 Å². The first-order valence-electron chi connectivity index (χ1n) is 9.23. The van der Waals surface area contributed by atoms with Gasteiger partial charge < -0.3 is 14.8 Å². The van der Waals surface area contributed by atoms with Crippen LogP contribution in [0.25, 0.3) is 0 Å². The molecule has 0 bridgehead atoms. The van der Waals surface area contributed by atoms with Crippen LogP contribution in [-0.2, 0) is 14.8 Å². The van der Waals surface area contributed by atoms with Gasteiger partial charge in [-0.1, -0.05) is 30.3 Å². The fourth-order valence-corrected chi connectivity index (χ4v) is 4.06. The third kappa shape index (κ3) is 5.39. The van der Waals surface area contributed by atoms with Crippen LogP contribution in [0.5, 0.6) is 17.2 Å². The van der Waals surface area contributed by atoms with Gasteiger partial charge in [-0.15, -0.1) is 0 Å². The normalized spacial score (nSPS) is 11.2. The molecule has 1 amide bonds. The number of benzene rings is 3. The lowest BCUT2D eigenvalue weighted by Crippen LogP contribution is -2.35. The Hall–Kier alpha value is -3.43. The summed E-state index contributed by atoms with van der Waals surface area (Å²) >= 11 is 0. The van der Waals surface area contributed by atoms with Gasteiger partial charge in [0.15, 0.2) is 5.75 Å². The molecule has 0 spiro atoms. The van der Waals surface area contributed by atoms with Gasteiger partial charge in [-0.2, -0.15) is 4.31 Å². The number of nitrogens with one attached hydrogen (secondary N) is 1. The molecular formula is C22H21FN2O5S. The first kappa shape index (κ1) is 22.3. The predicted molar refractivity (Wildman–Crippen MR) is 114 cm³/mol. The molecule has 0 aliphatic carbocycles. The molecule has 0 aliphatic rings. The van der Waals surface area contributed by atoms with Crippen LogP contribution in [0.1, 0.15) is 0 Å². The first-order valence-corrected chi connectivity index (χ1v) is 10.7. The van der Waals surface area contributed by atoms with E-state index in [0.29, 0.717) is 17.2 Å². The Labute approximate surface area is 180 Å². The molecule has 0 atom stereocenters. The molecule has 9 heteroatoms. The van der Waals surface area contributed by atoms with Crippen LogP contribution < -0.4 is 14.8 Å². The van der Waals surface area contributed by atoms with Crippen LogP contribution in [0.2, 0.25) is 0 Å². The molecule has 7 nitrogen and oxygen atoms in total. The third-order valence-corrected chi connectivity index (χ3v) is 6.14. The quantitative estimate of drug-likeness (QED) is 0.570. The van der Waals surface area contributed by atoms with Gasteiger partial charge in [-0.3, -0.25) is 4.79 Å². The van der Waals surface area contributed by atoms with Crippen molar-refractivity contribution in [1.29, 1.82) is 0 Å². The Morgan fingerprint density at radius 3 is 2.39 bits per heavy atom. The maximum atomic E-state index is 13.6. The summed E-state index contributed by atoms with van der Waals surface area (Å²) in [6.45, 7) is -0.498. The van der Waals surface area contributed by atoms with Crippen molar-refractivity contribution in [2.45, 2.75) is 4.90 Å². The summed E-state index contributed by atoms with van der Waals surface area (Å²) in [6, 6.07) is 19.0. The average molecular weight is 444 g/mol. The molecule has 3 aromatic carbocycles. The molecule has 162 valence electrons. The Morgan fingerprint density at radius 1 is 1.00 bits per heavy atom. The topological polar surface area (TPSA) is 84.9 Å². The van der Waals surface area contributed by atoms with Crippen LogP contribution in [-0.4, -0.2) is 39.3 Å². The maximum Gasteiger partial charge on any atom is 0.247 e. The smallest absolute Gasteiger partial charge is 0.247 e. The van der Waals surface area contributed by atoms with Crippen molar-refractivity contribution in [3.8, 4) is 17.2 Å². The average Bonchev–Trinajstić information content (AvgIpc) is 2.75. The van der Waals surface area contributed by atoms with E-state index in [1.165, 1.54) is 20.2 Å². The second kappa shape index (κ2) is 9.59. The number of nitrogens with zero attached hydrogens (tertiary/aromatic N) is 1. The molecule has 0 fully saturated rings. The van der Waals surface area contributed by atoms with Crippen molar-refractivity contribution in [3.63, 3.8) is 0 Å². The lowest BCUT2D eigenvalue weighted by Gasteiger charge is -2.19. The molecule has 3 rings (SSSR count). The highest BCUT2D eigenvalue weighted by Gasteiger charge is 2.27. The van der Waals surface area contributed by atoms with E-state index >= 15 is 0 Å². The first-order chi connectivity index (χ1) is 14.8. The number of carbonyl (C=O) groups excluding carboxylic acids is 1. The third-order valence-electron chi connectivity index (χ3n) is 4.31. The van der Waals surface area contributed by atoms with Gasteiger partial charge in [0.2, 0.25) is 15.9 Å². The van der Waals surface area contributed by atoms with Gasteiger partial charge in [-0.25, -0.2) is 12.8 Å². The van der Waals surface area contributed by atoms with Crippen LogP contribution in [0.15, 0.2) is 77.7 Å². The molecular weight excluding hydrogens is 423 g/mol. The zero-order valence-corrected chi connectivity index (χ0v) is 17.7. The second-order valence-electron chi connectivity index (χ2n) is 6.52. The van der Waals surface area contributed by atoms with Crippen LogP contribution in [0, 0.1) is 5.82 Å². The van der Waals surface area contributed by atoms with Crippen molar-refractivity contribution in [1.82, 2.24) is 4.31 Å². The number of hydrogen-bond acceptors (Lipinski definition) is 5. The Kier molecular flexibility index (Phi) is 6.88. The summed E-state index contributed by atoms with van der Waals surface area (Å²) in [7, 11) is -1.67. The molecule has 3 aromatic rings. The molecule has 0 heterocycles. The number of sulfonamides is 1. The van der Waals surface area contributed by atoms with Gasteiger partial charge >= 0.3 is 0 Å². The SMILES string of the molecule is COc1ccc(F)cc1S(=O)(=O)N(C)CC(=O)Nc1ccccc1Oc1ccccc1. The van der Waals surface area contributed by atoms with E-state index < -0.39 is 28.3 Å². The number of anilines is 1. The fraction of sp³-hybridized carbons (Fsp3) is 0.136. The number of halogens is 1. The predicted octanol–water partition coefficient (Wildman–Crippen LogP) is 3.89. The summed E-state index contributed by atoms with van der Waals surface area (Å²) in [6.07, 6.45) is 0. The maximum absolute atomic E-state index is 13.6. The van der Waals surface area contributed by atoms with E-state index in [0.717, 1.165) is 16.4 Å². The summed E-state index contributed by atoms with van der Waals surface area (Å²) < 4.78 is 50.9. The monoisotopic (exact) mass is 444 g/mol. The Morgan fingerprint density at radius 2 is 1.68 bits per heavy atom. The van der Waals surface area contributed by atoms with E-state index in [2.05, 4.69) is 5.32 Å². The number of hydrogen-bond donors (Lipinski definition) is 1. The Bertz CT molecular complexity index is 1170. The highest BCUT2D eigenvalue weighted by molar-refractivity contribution is 7.89. The molecule has 0 saturated heterocycles. The molecule has 0 unspecified atom stereocenters. The largest absolute Gasteiger partial charge is 0.495 e. The number of carbonyl (C=O) groups is 1. The number of likely N-dealkylation sites (N-methyl/N-ethyl adjacent to an activating group) is 1. The van der Waals surface area contributed by atoms with Crippen molar-refractivity contribution in [2.75, 3.05) is 26.0 Å². The van der Waals surface area contributed by atoms with Gasteiger partial charge in [0, 0.05) is 7.05 Å². The number of methoxy groups -OCH3 is 1. The summed E-state index contributed by atoms with van der Waals surface area (Å²) in [5.41, 5.74) is 0.380. The van der Waals surface area contributed by atoms with Crippen LogP contribution in [0.3, 0.4) is 0 Å². The van der Waals surface area contributed by atoms with Crippen molar-refractivity contribution >= 4 is 21.6 Å². The molecule has 0 aromatic heterocycles. The van der Waals surface area contributed by atoms with Gasteiger partial charge in [-0.05, 0) is 42.5 Å². The summed E-state index contributed by atoms with van der Waals surface area (Å²) in [5.74, 6) is -0.355. The zero-order valence-electron chi connectivity index (χ0n) is 16.9. The van der Waals surface area contributed by atoms with Crippen LogP contribution >= 0.6 is 0 Å². The van der Waals surface area contributed by atoms with Gasteiger partial charge in [0.25, 0.3) is 0 Å². The van der Waals surface area contributed by atoms with Crippen molar-refractivity contribution in [2.24, 2.45) is 0 Å². The number of para-hydroxylation sites is 3. The van der Waals surface area contributed by atoms with E-state index in [4.69, 9.17) is 9.47 Å². The standard InChI is InChI=1S/C22H21FN2O5S/c1-25(31(27,28)21-14-16(23)12-13-20(21)29-2)15-22(26)24-18-10-6-7-11-19(18)30-17-8-4-3-5-9-17/h3-14H,15H2,1-2H3,(H,24,26). The minimum Gasteiger partial charge on any atom is -0.495 e. The highest BCUT2D eigenvalue weighted by Crippen LogP contribution is 2.30. The molecule has 0 aliphatic heterocycles. The zero-order chi connectivity index (χ0) is 22.4. The second-order valence-corrected chi connectivity index (χ2v) is 8.53. The van der Waals surface area contributed by atoms with E-state index in [-0.39, 0.29) is 10.6 Å². The molecule has 31 heavy (non-hydrogen) atoms. The minimum absolute atomic E-state index is 0.0183. The number of rotatable bonds is 8. The van der Waals surface area contributed by atoms with Crippen LogP contribution in [0.4, 0.5) is 10.1 Å². The van der Waals surface area contributed by atoms with Gasteiger partial charge in [0.05, 0.1) is 19.3 Å². The molecule has 0 saturated carbocycles. The highest BCUT2D eigenvalue weighted by atomic mass is 32.2. The summed E-state index contributed by atoms with van der Waals surface area (Å²) in [4.78, 5) is 12.2. The van der Waals surface area contributed by atoms with Crippen molar-refractivity contribution < 1.29 is 27.1 Å². The molecule has 0 radical (unpaired) electrons.